The van der Waals surface area contributed by atoms with Gasteiger partial charge in [-0.2, -0.15) is 0 Å². The highest BCUT2D eigenvalue weighted by molar-refractivity contribution is 6.01. The van der Waals surface area contributed by atoms with Gasteiger partial charge in [0.25, 0.3) is 0 Å². The van der Waals surface area contributed by atoms with Crippen LogP contribution in [0, 0.1) is 28.6 Å². The number of allylic oxidation sites excluding steroid dienone is 4. The van der Waals surface area contributed by atoms with Crippen molar-refractivity contribution in [1.29, 1.82) is 0 Å². The largest absolute Gasteiger partial charge is 0.450 e. The van der Waals surface area contributed by atoms with Crippen LogP contribution in [0.4, 0.5) is 8.78 Å². The minimum absolute atomic E-state index is 0.0266. The van der Waals surface area contributed by atoms with Crippen molar-refractivity contribution in [2.75, 3.05) is 6.67 Å². The maximum atomic E-state index is 17.1. The Labute approximate surface area is 187 Å². The highest BCUT2D eigenvalue weighted by Gasteiger charge is 2.77. The standard InChI is InChI=1S/C25H32F2O5/c1-5-21(31)32-25(20(30)13-26)14(2)10-18-17-7-6-15-11-16(28)8-9-22(15,3)24(17,27)19(29)12-23(18,25)4/h8-9,11,14,17-19,29H,5-7,10,12-13H2,1-4H3/t14-,17+,18+,19+,22+,23+,24+,25+/m1/s1. The average molecular weight is 451 g/mol. The molecule has 0 aromatic carbocycles. The van der Waals surface area contributed by atoms with E-state index < -0.39 is 64.4 Å². The first-order valence-electron chi connectivity index (χ1n) is 11.5. The van der Waals surface area contributed by atoms with Gasteiger partial charge in [-0.15, -0.1) is 0 Å². The molecule has 0 aromatic rings. The topological polar surface area (TPSA) is 80.7 Å². The van der Waals surface area contributed by atoms with Gasteiger partial charge in [-0.3, -0.25) is 14.4 Å². The van der Waals surface area contributed by atoms with Crippen molar-refractivity contribution in [2.45, 2.75) is 77.2 Å². The summed E-state index contributed by atoms with van der Waals surface area (Å²) in [6, 6.07) is 0. The van der Waals surface area contributed by atoms with Gasteiger partial charge in [0, 0.05) is 29.1 Å². The van der Waals surface area contributed by atoms with Crippen LogP contribution in [0.1, 0.15) is 59.8 Å². The van der Waals surface area contributed by atoms with E-state index in [1.165, 1.54) is 12.2 Å². The van der Waals surface area contributed by atoms with Crippen LogP contribution in [0.3, 0.4) is 0 Å². The van der Waals surface area contributed by atoms with E-state index in [9.17, 15) is 23.9 Å². The van der Waals surface area contributed by atoms with E-state index in [2.05, 4.69) is 0 Å². The second kappa shape index (κ2) is 7.31. The molecule has 0 unspecified atom stereocenters. The molecule has 5 nitrogen and oxygen atoms in total. The van der Waals surface area contributed by atoms with Gasteiger partial charge in [-0.25, -0.2) is 8.78 Å². The van der Waals surface area contributed by atoms with Gasteiger partial charge in [0.05, 0.1) is 6.10 Å². The van der Waals surface area contributed by atoms with Gasteiger partial charge in [-0.1, -0.05) is 32.4 Å². The number of aliphatic hydroxyl groups excluding tert-OH is 1. The van der Waals surface area contributed by atoms with Crippen molar-refractivity contribution in [3.63, 3.8) is 0 Å². The number of ketones is 2. The summed E-state index contributed by atoms with van der Waals surface area (Å²) >= 11 is 0. The Balaban J connectivity index is 1.85. The van der Waals surface area contributed by atoms with Gasteiger partial charge in [0.1, 0.15) is 0 Å². The Bertz CT molecular complexity index is 927. The van der Waals surface area contributed by atoms with Crippen LogP contribution in [0.25, 0.3) is 0 Å². The fourth-order valence-electron chi connectivity index (χ4n) is 7.75. The van der Waals surface area contributed by atoms with E-state index in [0.29, 0.717) is 24.8 Å². The van der Waals surface area contributed by atoms with E-state index in [4.69, 9.17) is 4.74 Å². The van der Waals surface area contributed by atoms with E-state index in [1.807, 2.05) is 0 Å². The summed E-state index contributed by atoms with van der Waals surface area (Å²) in [6.07, 6.45) is 4.08. The van der Waals surface area contributed by atoms with E-state index in [1.54, 1.807) is 33.8 Å². The SMILES string of the molecule is CCC(=O)O[C@]1(C(=O)CF)[C@H](C)C[C@H]2[C@@H]3CCC4=CC(=O)C=C[C@]4(C)[C@@]3(F)[C@@H](O)C[C@@]21C. The van der Waals surface area contributed by atoms with Crippen LogP contribution in [-0.4, -0.2) is 46.7 Å². The molecule has 176 valence electrons. The zero-order valence-electron chi connectivity index (χ0n) is 19.1. The number of rotatable bonds is 4. The minimum atomic E-state index is -2.05. The summed E-state index contributed by atoms with van der Waals surface area (Å²) in [5.74, 6) is -3.16. The van der Waals surface area contributed by atoms with Gasteiger partial charge in [-0.05, 0) is 50.7 Å². The van der Waals surface area contributed by atoms with Gasteiger partial charge < -0.3 is 9.84 Å². The molecule has 0 heterocycles. The van der Waals surface area contributed by atoms with E-state index in [0.717, 1.165) is 0 Å². The predicted octanol–water partition coefficient (Wildman–Crippen LogP) is 3.83. The summed E-state index contributed by atoms with van der Waals surface area (Å²) in [5.41, 5.74) is -5.38. The number of hydrogen-bond acceptors (Lipinski definition) is 5. The lowest BCUT2D eigenvalue weighted by atomic mass is 9.44. The fraction of sp³-hybridized carbons (Fsp3) is 0.720. The molecular formula is C25H32F2O5. The molecule has 4 rings (SSSR count). The smallest absolute Gasteiger partial charge is 0.306 e. The molecule has 3 saturated carbocycles. The zero-order chi connectivity index (χ0) is 23.7. The molecule has 0 bridgehead atoms. The Morgan fingerprint density at radius 1 is 1.28 bits per heavy atom. The van der Waals surface area contributed by atoms with Gasteiger partial charge in [0.15, 0.2) is 23.7 Å². The molecule has 3 fully saturated rings. The van der Waals surface area contributed by atoms with Crippen molar-refractivity contribution in [3.05, 3.63) is 23.8 Å². The number of alkyl halides is 2. The first-order valence-corrected chi connectivity index (χ1v) is 11.5. The van der Waals surface area contributed by atoms with Crippen molar-refractivity contribution >= 4 is 17.5 Å². The quantitative estimate of drug-likeness (QED) is 0.659. The second-order valence-electron chi connectivity index (χ2n) is 10.5. The lowest BCUT2D eigenvalue weighted by Crippen LogP contribution is -2.70. The number of aliphatic hydroxyl groups is 1. The molecule has 0 amide bonds. The molecule has 0 radical (unpaired) electrons. The number of hydrogen-bond donors (Lipinski definition) is 1. The lowest BCUT2D eigenvalue weighted by Gasteiger charge is -2.62. The van der Waals surface area contributed by atoms with Crippen LogP contribution in [0.5, 0.6) is 0 Å². The number of ether oxygens (including phenoxy) is 1. The molecule has 1 N–H and O–H groups in total. The third-order valence-corrected chi connectivity index (χ3v) is 9.28. The molecule has 0 aromatic heterocycles. The van der Waals surface area contributed by atoms with Crippen LogP contribution >= 0.6 is 0 Å². The van der Waals surface area contributed by atoms with Crippen LogP contribution in [0.15, 0.2) is 23.8 Å². The molecule has 0 aliphatic heterocycles. The predicted molar refractivity (Wildman–Crippen MR) is 113 cm³/mol. The van der Waals surface area contributed by atoms with Crippen LogP contribution in [-0.2, 0) is 19.1 Å². The summed E-state index contributed by atoms with van der Waals surface area (Å²) in [6.45, 7) is 5.52. The van der Waals surface area contributed by atoms with E-state index in [-0.39, 0.29) is 18.6 Å². The summed E-state index contributed by atoms with van der Waals surface area (Å²) in [7, 11) is 0. The fourth-order valence-corrected chi connectivity index (χ4v) is 7.75. The van der Waals surface area contributed by atoms with Crippen molar-refractivity contribution in [2.24, 2.45) is 28.6 Å². The molecule has 7 heteroatoms. The molecule has 0 saturated heterocycles. The molecule has 0 spiro atoms. The van der Waals surface area contributed by atoms with Crippen molar-refractivity contribution < 1.29 is 33.0 Å². The number of carbonyl (C=O) groups excluding carboxylic acids is 3. The third-order valence-electron chi connectivity index (χ3n) is 9.28. The van der Waals surface area contributed by atoms with Crippen LogP contribution < -0.4 is 0 Å². The zero-order valence-corrected chi connectivity index (χ0v) is 19.1. The first-order chi connectivity index (χ1) is 14.9. The molecule has 4 aliphatic rings. The van der Waals surface area contributed by atoms with E-state index >= 15 is 4.39 Å². The second-order valence-corrected chi connectivity index (χ2v) is 10.5. The Morgan fingerprint density at radius 2 is 1.97 bits per heavy atom. The monoisotopic (exact) mass is 450 g/mol. The number of fused-ring (bicyclic) bond motifs is 5. The number of Topliss-reactive ketones (excluding diaryl/α,β-unsaturated/α-hetero) is 1. The minimum Gasteiger partial charge on any atom is -0.450 e. The van der Waals surface area contributed by atoms with Crippen molar-refractivity contribution in [3.8, 4) is 0 Å². The highest BCUT2D eigenvalue weighted by Crippen LogP contribution is 2.71. The maximum Gasteiger partial charge on any atom is 0.306 e. The Morgan fingerprint density at radius 3 is 2.59 bits per heavy atom. The van der Waals surface area contributed by atoms with Crippen molar-refractivity contribution in [1.82, 2.24) is 0 Å². The first kappa shape index (κ1) is 23.3. The average Bonchev–Trinajstić information content (AvgIpc) is 2.96. The third kappa shape index (κ3) is 2.60. The molecule has 8 atom stereocenters. The van der Waals surface area contributed by atoms with Gasteiger partial charge >= 0.3 is 5.97 Å². The van der Waals surface area contributed by atoms with Crippen LogP contribution in [0.2, 0.25) is 0 Å². The number of esters is 1. The summed E-state index contributed by atoms with van der Waals surface area (Å²) in [5, 5.41) is 11.3. The Hall–Kier alpha value is -1.89. The normalized spacial score (nSPS) is 47.2. The van der Waals surface area contributed by atoms with Gasteiger partial charge in [0.2, 0.25) is 5.78 Å². The number of halogens is 2. The maximum absolute atomic E-state index is 17.1. The lowest BCUT2D eigenvalue weighted by molar-refractivity contribution is -0.227. The number of carbonyl (C=O) groups is 3. The molecular weight excluding hydrogens is 418 g/mol. The molecule has 4 aliphatic carbocycles. The summed E-state index contributed by atoms with van der Waals surface area (Å²) < 4.78 is 36.7. The summed E-state index contributed by atoms with van der Waals surface area (Å²) in [4.78, 5) is 37.4. The molecule has 32 heavy (non-hydrogen) atoms. The Kier molecular flexibility index (Phi) is 5.31. The highest BCUT2D eigenvalue weighted by atomic mass is 19.1.